The van der Waals surface area contributed by atoms with Gasteiger partial charge in [0.05, 0.1) is 25.9 Å². The predicted octanol–water partition coefficient (Wildman–Crippen LogP) is 1.40. The fourth-order valence-corrected chi connectivity index (χ4v) is 1.86. The Hall–Kier alpha value is -2.22. The Morgan fingerprint density at radius 3 is 2.80 bits per heavy atom. The highest BCUT2D eigenvalue weighted by Gasteiger charge is 2.09. The van der Waals surface area contributed by atoms with Crippen LogP contribution in [0.25, 0.3) is 0 Å². The van der Waals surface area contributed by atoms with Gasteiger partial charge in [-0.3, -0.25) is 4.98 Å². The number of methoxy groups -OCH3 is 1. The van der Waals surface area contributed by atoms with Gasteiger partial charge >= 0.3 is 0 Å². The van der Waals surface area contributed by atoms with Crippen LogP contribution >= 0.6 is 0 Å². The first-order valence-electron chi connectivity index (χ1n) is 6.58. The van der Waals surface area contributed by atoms with E-state index in [1.54, 1.807) is 13.3 Å². The maximum absolute atomic E-state index is 5.39. The van der Waals surface area contributed by atoms with E-state index in [9.17, 15) is 0 Å². The van der Waals surface area contributed by atoms with E-state index in [0.717, 1.165) is 29.1 Å². The summed E-state index contributed by atoms with van der Waals surface area (Å²) in [7, 11) is 1.67. The monoisotopic (exact) mass is 274 g/mol. The van der Waals surface area contributed by atoms with Crippen molar-refractivity contribution in [3.63, 3.8) is 0 Å². The van der Waals surface area contributed by atoms with Gasteiger partial charge in [0.25, 0.3) is 0 Å². The van der Waals surface area contributed by atoms with Crippen LogP contribution < -0.4 is 15.4 Å². The molecular weight excluding hydrogens is 252 g/mol. The maximum Gasteiger partial charge on any atom is 0.192 e. The van der Waals surface area contributed by atoms with Gasteiger partial charge < -0.3 is 15.4 Å². The molecule has 1 aromatic heterocycles. The first-order chi connectivity index (χ1) is 9.63. The SMILES string of the molecule is C#CCNC(=NCc1ncc(C)c(OC)c1C)NCC. The van der Waals surface area contributed by atoms with Crippen molar-refractivity contribution in [3.05, 3.63) is 23.0 Å². The van der Waals surface area contributed by atoms with Crippen molar-refractivity contribution in [2.24, 2.45) is 4.99 Å². The Labute approximate surface area is 120 Å². The first kappa shape index (κ1) is 15.8. The minimum Gasteiger partial charge on any atom is -0.496 e. The summed E-state index contributed by atoms with van der Waals surface area (Å²) in [5.41, 5.74) is 2.93. The van der Waals surface area contributed by atoms with Crippen LogP contribution in [0.5, 0.6) is 5.75 Å². The number of aliphatic imine (C=N–C) groups is 1. The molecule has 5 heteroatoms. The summed E-state index contributed by atoms with van der Waals surface area (Å²) in [6.07, 6.45) is 7.04. The molecule has 0 atom stereocenters. The molecule has 0 aliphatic heterocycles. The maximum atomic E-state index is 5.39. The zero-order chi connectivity index (χ0) is 15.0. The number of aryl methyl sites for hydroxylation is 1. The number of hydrogen-bond acceptors (Lipinski definition) is 3. The first-order valence-corrected chi connectivity index (χ1v) is 6.58. The van der Waals surface area contributed by atoms with E-state index in [-0.39, 0.29) is 0 Å². The minimum absolute atomic E-state index is 0.440. The Kier molecular flexibility index (Phi) is 6.38. The summed E-state index contributed by atoms with van der Waals surface area (Å²) in [4.78, 5) is 8.88. The molecule has 0 spiro atoms. The Bertz CT molecular complexity index is 517. The molecule has 1 rings (SSSR count). The molecule has 0 aliphatic rings. The molecule has 108 valence electrons. The van der Waals surface area contributed by atoms with Crippen LogP contribution in [-0.2, 0) is 6.54 Å². The molecule has 0 saturated carbocycles. The lowest BCUT2D eigenvalue weighted by Crippen LogP contribution is -2.37. The number of ether oxygens (including phenoxy) is 1. The van der Waals surface area contributed by atoms with Crippen LogP contribution in [0.3, 0.4) is 0 Å². The Morgan fingerprint density at radius 2 is 2.20 bits per heavy atom. The average molecular weight is 274 g/mol. The molecule has 1 heterocycles. The third-order valence-electron chi connectivity index (χ3n) is 2.84. The van der Waals surface area contributed by atoms with E-state index >= 15 is 0 Å². The molecule has 0 bridgehead atoms. The molecule has 0 radical (unpaired) electrons. The molecule has 0 saturated heterocycles. The summed E-state index contributed by atoms with van der Waals surface area (Å²) >= 11 is 0. The summed E-state index contributed by atoms with van der Waals surface area (Å²) in [6.45, 7) is 7.67. The van der Waals surface area contributed by atoms with Crippen molar-refractivity contribution >= 4 is 5.96 Å². The molecule has 0 aromatic carbocycles. The molecule has 5 nitrogen and oxygen atoms in total. The number of hydrogen-bond donors (Lipinski definition) is 2. The second-order valence-corrected chi connectivity index (χ2v) is 4.30. The van der Waals surface area contributed by atoms with Crippen LogP contribution in [0.15, 0.2) is 11.2 Å². The van der Waals surface area contributed by atoms with Crippen LogP contribution in [0, 0.1) is 26.2 Å². The molecule has 2 N–H and O–H groups in total. The van der Waals surface area contributed by atoms with Crippen LogP contribution in [-0.4, -0.2) is 31.1 Å². The van der Waals surface area contributed by atoms with Crippen LogP contribution in [0.4, 0.5) is 0 Å². The molecule has 1 aromatic rings. The highest BCUT2D eigenvalue weighted by Crippen LogP contribution is 2.24. The fraction of sp³-hybridized carbons (Fsp3) is 0.467. The van der Waals surface area contributed by atoms with Gasteiger partial charge in [-0.05, 0) is 20.8 Å². The topological polar surface area (TPSA) is 58.5 Å². The highest BCUT2D eigenvalue weighted by atomic mass is 16.5. The quantitative estimate of drug-likeness (QED) is 0.484. The summed E-state index contributed by atoms with van der Waals surface area (Å²) in [6, 6.07) is 0. The number of terminal acetylenes is 1. The number of rotatable bonds is 5. The minimum atomic E-state index is 0.440. The van der Waals surface area contributed by atoms with Crippen LogP contribution in [0.2, 0.25) is 0 Å². The number of aromatic nitrogens is 1. The van der Waals surface area contributed by atoms with E-state index in [1.807, 2.05) is 20.8 Å². The third-order valence-corrected chi connectivity index (χ3v) is 2.84. The lowest BCUT2D eigenvalue weighted by molar-refractivity contribution is 0.407. The van der Waals surface area contributed by atoms with E-state index in [4.69, 9.17) is 11.2 Å². The van der Waals surface area contributed by atoms with Crippen LogP contribution in [0.1, 0.15) is 23.7 Å². The van der Waals surface area contributed by atoms with Crippen molar-refractivity contribution in [2.75, 3.05) is 20.2 Å². The number of nitrogens with one attached hydrogen (secondary N) is 2. The summed E-state index contributed by atoms with van der Waals surface area (Å²) < 4.78 is 5.39. The van der Waals surface area contributed by atoms with Crippen molar-refractivity contribution in [3.8, 4) is 18.1 Å². The molecule has 0 unspecified atom stereocenters. The van der Waals surface area contributed by atoms with Crippen molar-refractivity contribution in [2.45, 2.75) is 27.3 Å². The van der Waals surface area contributed by atoms with Gasteiger partial charge in [-0.25, -0.2) is 4.99 Å². The lowest BCUT2D eigenvalue weighted by atomic mass is 10.1. The third kappa shape index (κ3) is 4.16. The Balaban J connectivity index is 2.89. The molecule has 0 aliphatic carbocycles. The average Bonchev–Trinajstić information content (AvgIpc) is 2.44. The zero-order valence-electron chi connectivity index (χ0n) is 12.6. The number of guanidine groups is 1. The van der Waals surface area contributed by atoms with E-state index in [1.165, 1.54) is 0 Å². The van der Waals surface area contributed by atoms with Crippen molar-refractivity contribution in [1.82, 2.24) is 15.6 Å². The van der Waals surface area contributed by atoms with Gasteiger partial charge in [-0.2, -0.15) is 0 Å². The Morgan fingerprint density at radius 1 is 1.45 bits per heavy atom. The van der Waals surface area contributed by atoms with Gasteiger partial charge in [0.2, 0.25) is 0 Å². The second kappa shape index (κ2) is 8.05. The smallest absolute Gasteiger partial charge is 0.192 e. The van der Waals surface area contributed by atoms with Gasteiger partial charge in [-0.1, -0.05) is 5.92 Å². The van der Waals surface area contributed by atoms with Gasteiger partial charge in [0.15, 0.2) is 5.96 Å². The van der Waals surface area contributed by atoms with Crippen molar-refractivity contribution < 1.29 is 4.74 Å². The molecule has 0 fully saturated rings. The standard InChI is InChI=1S/C15H22N4O/c1-6-8-17-15(16-7-2)19-10-13-12(4)14(20-5)11(3)9-18-13/h1,9H,7-8,10H2,2-5H3,(H2,16,17,19). The summed E-state index contributed by atoms with van der Waals surface area (Å²) in [5.74, 6) is 4.08. The lowest BCUT2D eigenvalue weighted by Gasteiger charge is -2.12. The number of pyridine rings is 1. The normalized spacial score (nSPS) is 10.8. The zero-order valence-corrected chi connectivity index (χ0v) is 12.6. The molecule has 20 heavy (non-hydrogen) atoms. The van der Waals surface area contributed by atoms with Gasteiger partial charge in [0, 0.05) is 23.9 Å². The predicted molar refractivity (Wildman–Crippen MR) is 81.9 cm³/mol. The van der Waals surface area contributed by atoms with E-state index in [0.29, 0.717) is 19.0 Å². The van der Waals surface area contributed by atoms with Crippen molar-refractivity contribution in [1.29, 1.82) is 0 Å². The van der Waals surface area contributed by atoms with E-state index in [2.05, 4.69) is 26.5 Å². The summed E-state index contributed by atoms with van der Waals surface area (Å²) in [5, 5.41) is 6.18. The van der Waals surface area contributed by atoms with Gasteiger partial charge in [0.1, 0.15) is 5.75 Å². The number of nitrogens with zero attached hydrogens (tertiary/aromatic N) is 2. The van der Waals surface area contributed by atoms with E-state index < -0.39 is 0 Å². The molecule has 0 amide bonds. The largest absolute Gasteiger partial charge is 0.496 e. The highest BCUT2D eigenvalue weighted by molar-refractivity contribution is 5.79. The second-order valence-electron chi connectivity index (χ2n) is 4.30. The van der Waals surface area contributed by atoms with Gasteiger partial charge in [-0.15, -0.1) is 6.42 Å². The molecular formula is C15H22N4O. The fourth-order valence-electron chi connectivity index (χ4n) is 1.86.